The molecular formula is C60H30N6OS. The summed E-state index contributed by atoms with van der Waals surface area (Å²) in [5.41, 5.74) is 11.1. The SMILES string of the molecule is [C-]#[N+]c1c(-c2ccccc2)c(C#N)c(-n2c3c(ccc4c5ccccc5oc43)c3ccc4c5ccccc5sc4c32)c(-c2ccccc2)c1-n1c2cccc3c4cncnc4c4cccc1c4c32. The lowest BCUT2D eigenvalue weighted by molar-refractivity contribution is 0.671. The number of furan rings is 1. The van der Waals surface area contributed by atoms with Crippen molar-refractivity contribution in [1.29, 1.82) is 5.26 Å². The molecule has 0 N–H and O–H groups in total. The zero-order chi connectivity index (χ0) is 44.8. The Kier molecular flexibility index (Phi) is 7.39. The Morgan fingerprint density at radius 1 is 0.544 bits per heavy atom. The Bertz CT molecular complexity index is 4540. The number of hydrogen-bond acceptors (Lipinski definition) is 5. The summed E-state index contributed by atoms with van der Waals surface area (Å²) < 4.78 is 13.9. The Morgan fingerprint density at radius 3 is 1.94 bits per heavy atom. The lowest BCUT2D eigenvalue weighted by Crippen LogP contribution is -2.09. The number of benzene rings is 10. The number of rotatable bonds is 4. The highest BCUT2D eigenvalue weighted by Gasteiger charge is 2.34. The van der Waals surface area contributed by atoms with Crippen molar-refractivity contribution in [2.45, 2.75) is 0 Å². The first-order chi connectivity index (χ1) is 33.7. The van der Waals surface area contributed by atoms with E-state index in [1.807, 2.05) is 72.9 Å². The van der Waals surface area contributed by atoms with Crippen LogP contribution in [0.15, 0.2) is 187 Å². The fraction of sp³-hybridized carbons (Fsp3) is 0. The predicted molar refractivity (Wildman–Crippen MR) is 279 cm³/mol. The number of nitrogens with zero attached hydrogens (tertiary/aromatic N) is 6. The average molecular weight is 883 g/mol. The number of aromatic nitrogens is 4. The fourth-order valence-electron chi connectivity index (χ4n) is 11.4. The second kappa shape index (κ2) is 13.6. The van der Waals surface area contributed by atoms with Crippen LogP contribution < -0.4 is 0 Å². The summed E-state index contributed by atoms with van der Waals surface area (Å²) in [6, 6.07) is 61.4. The summed E-state index contributed by atoms with van der Waals surface area (Å²) in [5, 5.41) is 23.5. The summed E-state index contributed by atoms with van der Waals surface area (Å²) in [6.45, 7) is 9.34. The Balaban J connectivity index is 1.26. The molecule has 15 aromatic rings. The van der Waals surface area contributed by atoms with Crippen molar-refractivity contribution in [2.24, 2.45) is 0 Å². The Hall–Kier alpha value is -9.34. The van der Waals surface area contributed by atoms with Crippen LogP contribution in [0.5, 0.6) is 0 Å². The first-order valence-electron chi connectivity index (χ1n) is 22.4. The van der Waals surface area contributed by atoms with E-state index in [1.165, 1.54) is 10.1 Å². The van der Waals surface area contributed by atoms with E-state index in [1.54, 1.807) is 17.7 Å². The lowest BCUT2D eigenvalue weighted by Gasteiger charge is -2.25. The second-order valence-electron chi connectivity index (χ2n) is 17.4. The van der Waals surface area contributed by atoms with E-state index in [-0.39, 0.29) is 0 Å². The van der Waals surface area contributed by atoms with Crippen LogP contribution in [0.4, 0.5) is 5.69 Å². The highest BCUT2D eigenvalue weighted by Crippen LogP contribution is 2.55. The minimum atomic E-state index is 0.378. The Labute approximate surface area is 390 Å². The molecule has 0 spiro atoms. The number of thiophene rings is 1. The van der Waals surface area contributed by atoms with Crippen molar-refractivity contribution in [1.82, 2.24) is 19.1 Å². The molecular weight excluding hydrogens is 853 g/mol. The molecule has 0 aliphatic heterocycles. The molecule has 10 aromatic carbocycles. The van der Waals surface area contributed by atoms with Crippen LogP contribution in [0.1, 0.15) is 5.56 Å². The molecule has 5 heterocycles. The van der Waals surface area contributed by atoms with Crippen LogP contribution in [-0.2, 0) is 0 Å². The molecule has 7 nitrogen and oxygen atoms in total. The van der Waals surface area contributed by atoms with Crippen LogP contribution in [-0.4, -0.2) is 19.1 Å². The maximum Gasteiger partial charge on any atom is 0.220 e. The molecule has 15 rings (SSSR count). The molecule has 0 atom stereocenters. The van der Waals surface area contributed by atoms with E-state index in [0.717, 1.165) is 114 Å². The molecule has 0 aliphatic carbocycles. The minimum Gasteiger partial charge on any atom is -0.454 e. The lowest BCUT2D eigenvalue weighted by atomic mass is 9.88. The van der Waals surface area contributed by atoms with Gasteiger partial charge in [0.2, 0.25) is 5.69 Å². The molecule has 0 unspecified atom stereocenters. The molecule has 0 radical (unpaired) electrons. The van der Waals surface area contributed by atoms with Gasteiger partial charge >= 0.3 is 0 Å². The maximum absolute atomic E-state index is 12.1. The van der Waals surface area contributed by atoms with Crippen LogP contribution in [0.3, 0.4) is 0 Å². The number of nitriles is 1. The molecule has 312 valence electrons. The first-order valence-corrected chi connectivity index (χ1v) is 23.2. The second-order valence-corrected chi connectivity index (χ2v) is 18.4. The monoisotopic (exact) mass is 882 g/mol. The molecule has 8 heteroatoms. The van der Waals surface area contributed by atoms with Crippen LogP contribution >= 0.6 is 11.3 Å². The molecule has 5 aromatic heterocycles. The van der Waals surface area contributed by atoms with Crippen molar-refractivity contribution < 1.29 is 4.42 Å². The summed E-state index contributed by atoms with van der Waals surface area (Å²) in [4.78, 5) is 13.9. The topological polar surface area (TPSA) is 76.9 Å². The third kappa shape index (κ3) is 4.68. The highest BCUT2D eigenvalue weighted by atomic mass is 32.1. The number of hydrogen-bond donors (Lipinski definition) is 0. The maximum atomic E-state index is 12.1. The zero-order valence-corrected chi connectivity index (χ0v) is 36.6. The third-order valence-electron chi connectivity index (χ3n) is 14.1. The fourth-order valence-corrected chi connectivity index (χ4v) is 12.6. The van der Waals surface area contributed by atoms with Crippen LogP contribution in [0.2, 0.25) is 0 Å². The van der Waals surface area contributed by atoms with E-state index in [4.69, 9.17) is 9.40 Å². The molecule has 68 heavy (non-hydrogen) atoms. The van der Waals surface area contributed by atoms with Gasteiger partial charge in [-0.2, -0.15) is 5.26 Å². The van der Waals surface area contributed by atoms with Gasteiger partial charge in [-0.15, -0.1) is 11.3 Å². The smallest absolute Gasteiger partial charge is 0.220 e. The largest absolute Gasteiger partial charge is 0.454 e. The first kappa shape index (κ1) is 36.9. The summed E-state index contributed by atoms with van der Waals surface area (Å²) >= 11 is 1.76. The van der Waals surface area contributed by atoms with E-state index in [9.17, 15) is 11.8 Å². The van der Waals surface area contributed by atoms with Gasteiger partial charge in [-0.25, -0.2) is 14.8 Å². The summed E-state index contributed by atoms with van der Waals surface area (Å²) in [5.74, 6) is 0. The number of fused-ring (bicyclic) bond motifs is 14. The van der Waals surface area contributed by atoms with E-state index in [0.29, 0.717) is 28.2 Å². The predicted octanol–water partition coefficient (Wildman–Crippen LogP) is 16.4. The van der Waals surface area contributed by atoms with Crippen molar-refractivity contribution in [3.05, 3.63) is 199 Å². The van der Waals surface area contributed by atoms with Crippen molar-refractivity contribution in [3.8, 4) is 39.7 Å². The van der Waals surface area contributed by atoms with Gasteiger partial charge in [-0.05, 0) is 46.8 Å². The van der Waals surface area contributed by atoms with Gasteiger partial charge in [0.25, 0.3) is 0 Å². The van der Waals surface area contributed by atoms with Crippen molar-refractivity contribution >= 4 is 124 Å². The number of para-hydroxylation sites is 1. The van der Waals surface area contributed by atoms with E-state index in [2.05, 4.69) is 128 Å². The Morgan fingerprint density at radius 2 is 1.18 bits per heavy atom. The highest BCUT2D eigenvalue weighted by molar-refractivity contribution is 7.26. The van der Waals surface area contributed by atoms with E-state index < -0.39 is 0 Å². The standard InChI is InChI=1S/C60H30N6OS/c1-62-54-49(33-14-4-2-5-15-33)43(30-61)55(50(34-16-6-3-7-17-34)58(54)65-45-22-12-20-37-44-31-63-32-64-53(44)42-21-13-23-46(65)52(42)51(37)45)66-56-38(26-28-40-35-18-8-10-24-47(35)67-59(40)56)39-27-29-41-36-19-9-11-25-48(36)68-60(41)57(39)66/h2-29,31-32H. The van der Waals surface area contributed by atoms with Gasteiger partial charge in [0.15, 0.2) is 5.58 Å². The van der Waals surface area contributed by atoms with Crippen LogP contribution in [0.25, 0.3) is 146 Å². The molecule has 0 saturated heterocycles. The summed E-state index contributed by atoms with van der Waals surface area (Å²) in [6.07, 6.45) is 3.51. The molecule has 0 saturated carbocycles. The van der Waals surface area contributed by atoms with Gasteiger partial charge in [0.1, 0.15) is 18.0 Å². The van der Waals surface area contributed by atoms with Gasteiger partial charge < -0.3 is 13.6 Å². The molecule has 0 amide bonds. The van der Waals surface area contributed by atoms with Gasteiger partial charge in [-0.1, -0.05) is 140 Å². The van der Waals surface area contributed by atoms with E-state index >= 15 is 0 Å². The van der Waals surface area contributed by atoms with Gasteiger partial charge in [0, 0.05) is 75.9 Å². The zero-order valence-electron chi connectivity index (χ0n) is 35.8. The van der Waals surface area contributed by atoms with Crippen LogP contribution in [0, 0.1) is 17.9 Å². The average Bonchev–Trinajstić information content (AvgIpc) is 4.16. The molecule has 0 fully saturated rings. The summed E-state index contributed by atoms with van der Waals surface area (Å²) in [7, 11) is 0. The minimum absolute atomic E-state index is 0.378. The van der Waals surface area contributed by atoms with Crippen molar-refractivity contribution in [2.75, 3.05) is 0 Å². The molecule has 0 bridgehead atoms. The normalized spacial score (nSPS) is 12.1. The van der Waals surface area contributed by atoms with Gasteiger partial charge in [0.05, 0.1) is 55.8 Å². The van der Waals surface area contributed by atoms with Crippen molar-refractivity contribution in [3.63, 3.8) is 0 Å². The quantitative estimate of drug-likeness (QED) is 0.130. The van der Waals surface area contributed by atoms with Gasteiger partial charge in [-0.3, -0.25) is 0 Å². The third-order valence-corrected chi connectivity index (χ3v) is 15.3. The molecule has 0 aliphatic rings.